The Hall–Kier alpha value is -5.40. The van der Waals surface area contributed by atoms with Crippen LogP contribution in [0.1, 0.15) is 70.4 Å². The van der Waals surface area contributed by atoms with Gasteiger partial charge in [0.2, 0.25) is 0 Å². The first-order chi connectivity index (χ1) is 25.5. The van der Waals surface area contributed by atoms with Gasteiger partial charge < -0.3 is 23.4 Å². The monoisotopic (exact) mass is 724 g/mol. The number of imide groups is 1. The maximum Gasteiger partial charge on any atom is 0.285 e. The van der Waals surface area contributed by atoms with Gasteiger partial charge in [-0.25, -0.2) is 4.98 Å². The van der Waals surface area contributed by atoms with Crippen molar-refractivity contribution in [3.63, 3.8) is 0 Å². The molecule has 1 aliphatic heterocycles. The summed E-state index contributed by atoms with van der Waals surface area (Å²) in [5.74, 6) is 2.86. The van der Waals surface area contributed by atoms with Crippen molar-refractivity contribution < 1.29 is 37.8 Å². The zero-order valence-corrected chi connectivity index (χ0v) is 29.9. The number of thioether (sulfide) groups is 1. The van der Waals surface area contributed by atoms with Crippen molar-refractivity contribution in [1.29, 1.82) is 0 Å². The van der Waals surface area contributed by atoms with E-state index in [4.69, 9.17) is 28.2 Å². The first-order valence-corrected chi connectivity index (χ1v) is 18.1. The normalized spacial score (nSPS) is 12.2. The fourth-order valence-corrected chi connectivity index (χ4v) is 6.17. The summed E-state index contributed by atoms with van der Waals surface area (Å²) in [5, 5.41) is 9.80. The Labute approximate surface area is 306 Å². The van der Waals surface area contributed by atoms with Gasteiger partial charge in [-0.1, -0.05) is 73.8 Å². The summed E-state index contributed by atoms with van der Waals surface area (Å²) in [6.45, 7) is 0.949. The number of fused-ring (bicyclic) bond motifs is 1. The average molecular weight is 725 g/mol. The van der Waals surface area contributed by atoms with Gasteiger partial charge in [-0.15, -0.1) is 15.3 Å². The second-order valence-electron chi connectivity index (χ2n) is 11.9. The van der Waals surface area contributed by atoms with Crippen molar-refractivity contribution in [3.8, 4) is 34.6 Å². The molecular weight excluding hydrogens is 685 g/mol. The van der Waals surface area contributed by atoms with E-state index in [2.05, 4.69) is 15.2 Å². The van der Waals surface area contributed by atoms with Crippen molar-refractivity contribution in [1.82, 2.24) is 20.2 Å². The molecule has 270 valence electrons. The summed E-state index contributed by atoms with van der Waals surface area (Å²) in [6.07, 6.45) is 7.49. The van der Waals surface area contributed by atoms with E-state index in [0.29, 0.717) is 59.3 Å². The molecule has 3 aromatic carbocycles. The topological polar surface area (TPSA) is 135 Å². The Morgan fingerprint density at radius 1 is 0.692 bits per heavy atom. The van der Waals surface area contributed by atoms with Gasteiger partial charge in [0.05, 0.1) is 38.2 Å². The lowest BCUT2D eigenvalue weighted by Gasteiger charge is -2.14. The molecule has 0 unspecified atom stereocenters. The number of hydrogen-bond acceptors (Lipinski definition) is 12. The maximum atomic E-state index is 12.4. The highest BCUT2D eigenvalue weighted by Crippen LogP contribution is 2.33. The zero-order chi connectivity index (χ0) is 36.1. The molecule has 0 bridgehead atoms. The number of carbonyl (C=O) groups is 2. The quantitative estimate of drug-likeness (QED) is 0.0438. The van der Waals surface area contributed by atoms with Gasteiger partial charge in [-0.3, -0.25) is 14.4 Å². The van der Waals surface area contributed by atoms with Gasteiger partial charge in [-0.05, 0) is 60.4 Å². The second-order valence-corrected chi connectivity index (χ2v) is 13.0. The van der Waals surface area contributed by atoms with Gasteiger partial charge in [0.25, 0.3) is 22.9 Å². The van der Waals surface area contributed by atoms with Crippen molar-refractivity contribution in [2.45, 2.75) is 57.0 Å². The molecule has 0 aliphatic carbocycles. The van der Waals surface area contributed by atoms with Crippen molar-refractivity contribution in [2.24, 2.45) is 0 Å². The molecule has 2 aromatic heterocycles. The Balaban J connectivity index is 0.940. The SMILES string of the molecule is COc1ccc(COc2cnc(-c3nnc(SCCCCCCCCON4C(=O)c5ccccc5C4=O)o3)cc2OCc2ccc(OC)cc2)cc1. The number of unbranched alkanes of at least 4 members (excludes halogenated alkanes) is 5. The summed E-state index contributed by atoms with van der Waals surface area (Å²) in [7, 11) is 3.26. The highest BCUT2D eigenvalue weighted by molar-refractivity contribution is 7.99. The molecule has 0 fully saturated rings. The molecule has 3 heterocycles. The zero-order valence-electron chi connectivity index (χ0n) is 29.1. The van der Waals surface area contributed by atoms with Crippen molar-refractivity contribution in [2.75, 3.05) is 26.6 Å². The van der Waals surface area contributed by atoms with Crippen LogP contribution >= 0.6 is 11.8 Å². The number of rotatable bonds is 20. The Bertz CT molecular complexity index is 1900. The summed E-state index contributed by atoms with van der Waals surface area (Å²) in [4.78, 5) is 34.8. The number of hydrogen-bond donors (Lipinski definition) is 0. The molecule has 52 heavy (non-hydrogen) atoms. The molecule has 0 N–H and O–H groups in total. The summed E-state index contributed by atoms with van der Waals surface area (Å²) >= 11 is 1.51. The largest absolute Gasteiger partial charge is 0.497 e. The number of methoxy groups -OCH3 is 2. The fourth-order valence-electron chi connectivity index (χ4n) is 5.41. The van der Waals surface area contributed by atoms with Crippen molar-refractivity contribution in [3.05, 3.63) is 107 Å². The number of amides is 2. The van der Waals surface area contributed by atoms with Crippen LogP contribution in [0.15, 0.2) is 94.7 Å². The standard InChI is InChI=1S/C39H40N4O8S/c1-46-29-17-13-27(14-18-29)25-48-34-23-33(40-24-35(34)49-26-28-15-19-30(47-2)20-16-28)36-41-42-39(51-36)52-22-10-6-4-3-5-9-21-50-43-37(44)31-11-7-8-12-32(31)38(43)45/h7-8,11-20,23-24H,3-6,9-10,21-22,25-26H2,1-2H3. The molecule has 1 aliphatic rings. The minimum Gasteiger partial charge on any atom is -0.497 e. The number of ether oxygens (including phenoxy) is 4. The third kappa shape index (κ3) is 9.47. The molecule has 0 spiro atoms. The number of aromatic nitrogens is 3. The molecule has 5 aromatic rings. The van der Waals surface area contributed by atoms with Crippen molar-refractivity contribution >= 4 is 23.6 Å². The van der Waals surface area contributed by atoms with Gasteiger partial charge in [0, 0.05) is 11.8 Å². The van der Waals surface area contributed by atoms with Crippen LogP contribution in [-0.2, 0) is 18.1 Å². The molecule has 0 atom stereocenters. The van der Waals surface area contributed by atoms with E-state index >= 15 is 0 Å². The second kappa shape index (κ2) is 18.2. The molecule has 13 heteroatoms. The van der Waals surface area contributed by atoms with E-state index in [9.17, 15) is 9.59 Å². The van der Waals surface area contributed by atoms with E-state index in [1.54, 1.807) is 50.7 Å². The van der Waals surface area contributed by atoms with Crippen LogP contribution in [0.5, 0.6) is 23.0 Å². The van der Waals surface area contributed by atoms with E-state index < -0.39 is 11.8 Å². The first-order valence-electron chi connectivity index (χ1n) is 17.1. The lowest BCUT2D eigenvalue weighted by molar-refractivity contribution is -0.0922. The van der Waals surface area contributed by atoms with Crippen LogP contribution in [-0.4, -0.2) is 58.6 Å². The highest BCUT2D eigenvalue weighted by atomic mass is 32.2. The smallest absolute Gasteiger partial charge is 0.285 e. The first kappa shape index (κ1) is 36.4. The minimum absolute atomic E-state index is 0.293. The summed E-state index contributed by atoms with van der Waals surface area (Å²) in [5.41, 5.74) is 3.19. The van der Waals surface area contributed by atoms with E-state index in [0.717, 1.165) is 72.0 Å². The predicted octanol–water partition coefficient (Wildman–Crippen LogP) is 7.97. The number of carbonyl (C=O) groups excluding carboxylic acids is 2. The molecule has 12 nitrogen and oxygen atoms in total. The summed E-state index contributed by atoms with van der Waals surface area (Å²) < 4.78 is 28.8. The van der Waals surface area contributed by atoms with E-state index in [1.165, 1.54) is 11.8 Å². The Kier molecular flexibility index (Phi) is 12.7. The van der Waals surface area contributed by atoms with Crippen LogP contribution in [0.2, 0.25) is 0 Å². The fraction of sp³-hybridized carbons (Fsp3) is 0.308. The minimum atomic E-state index is -0.397. The average Bonchev–Trinajstić information content (AvgIpc) is 3.76. The Morgan fingerprint density at radius 2 is 1.27 bits per heavy atom. The molecular formula is C39H40N4O8S. The van der Waals surface area contributed by atoms with Crippen LogP contribution in [0.3, 0.4) is 0 Å². The Morgan fingerprint density at radius 3 is 1.88 bits per heavy atom. The third-order valence-electron chi connectivity index (χ3n) is 8.31. The van der Waals surface area contributed by atoms with E-state index in [1.807, 2.05) is 48.5 Å². The molecule has 0 saturated heterocycles. The van der Waals surface area contributed by atoms with Crippen LogP contribution in [0, 0.1) is 0 Å². The van der Waals surface area contributed by atoms with Crippen LogP contribution < -0.4 is 18.9 Å². The molecule has 0 saturated carbocycles. The number of pyridine rings is 1. The lowest BCUT2D eigenvalue weighted by Crippen LogP contribution is -2.30. The lowest BCUT2D eigenvalue weighted by atomic mass is 10.1. The number of nitrogens with zero attached hydrogens (tertiary/aromatic N) is 4. The van der Waals surface area contributed by atoms with E-state index in [-0.39, 0.29) is 0 Å². The highest BCUT2D eigenvalue weighted by Gasteiger charge is 2.36. The summed E-state index contributed by atoms with van der Waals surface area (Å²) in [6, 6.07) is 23.8. The van der Waals surface area contributed by atoms with Gasteiger partial charge >= 0.3 is 0 Å². The predicted molar refractivity (Wildman–Crippen MR) is 194 cm³/mol. The number of benzene rings is 3. The third-order valence-corrected chi connectivity index (χ3v) is 9.21. The van der Waals surface area contributed by atoms with Crippen LogP contribution in [0.25, 0.3) is 11.6 Å². The van der Waals surface area contributed by atoms with Gasteiger partial charge in [0.1, 0.15) is 30.4 Å². The molecule has 0 radical (unpaired) electrons. The molecule has 2 amide bonds. The molecule has 6 rings (SSSR count). The van der Waals surface area contributed by atoms with Crippen LogP contribution in [0.4, 0.5) is 0 Å². The van der Waals surface area contributed by atoms with Gasteiger partial charge in [-0.2, -0.15) is 0 Å². The maximum absolute atomic E-state index is 12.4. The van der Waals surface area contributed by atoms with Gasteiger partial charge in [0.15, 0.2) is 11.5 Å². The number of hydroxylamine groups is 2.